The lowest BCUT2D eigenvalue weighted by Gasteiger charge is -2.03. The van der Waals surface area contributed by atoms with Crippen molar-refractivity contribution in [2.45, 2.75) is 0 Å². The molecule has 0 N–H and O–H groups in total. The molecule has 18 heavy (non-hydrogen) atoms. The van der Waals surface area contributed by atoms with Crippen LogP contribution >= 0.6 is 0 Å². The van der Waals surface area contributed by atoms with Crippen molar-refractivity contribution in [2.24, 2.45) is 0 Å². The summed E-state index contributed by atoms with van der Waals surface area (Å²) in [4.78, 5) is 11.5. The SMILES string of the molecule is COCCOC(=O)/C(C#N)=C/c1ccccc1F. The quantitative estimate of drug-likeness (QED) is 0.346. The van der Waals surface area contributed by atoms with Gasteiger partial charge in [-0.1, -0.05) is 18.2 Å². The van der Waals surface area contributed by atoms with Gasteiger partial charge in [0.15, 0.2) is 0 Å². The van der Waals surface area contributed by atoms with Gasteiger partial charge in [0, 0.05) is 12.7 Å². The Bertz CT molecular complexity index is 491. The van der Waals surface area contributed by atoms with Gasteiger partial charge in [-0.3, -0.25) is 0 Å². The van der Waals surface area contributed by atoms with Gasteiger partial charge < -0.3 is 9.47 Å². The van der Waals surface area contributed by atoms with Crippen LogP contribution in [0.3, 0.4) is 0 Å². The summed E-state index contributed by atoms with van der Waals surface area (Å²) in [7, 11) is 1.47. The maximum Gasteiger partial charge on any atom is 0.348 e. The van der Waals surface area contributed by atoms with E-state index in [4.69, 9.17) is 14.7 Å². The number of hydrogen-bond acceptors (Lipinski definition) is 4. The Kier molecular flexibility index (Phi) is 5.55. The molecular formula is C13H12FNO3. The molecular weight excluding hydrogens is 237 g/mol. The molecule has 1 rings (SSSR count). The molecule has 5 heteroatoms. The zero-order chi connectivity index (χ0) is 13.4. The first-order valence-electron chi connectivity index (χ1n) is 5.21. The lowest BCUT2D eigenvalue weighted by molar-refractivity contribution is -0.139. The Morgan fingerprint density at radius 3 is 2.78 bits per heavy atom. The maximum atomic E-state index is 13.3. The highest BCUT2D eigenvalue weighted by molar-refractivity contribution is 5.97. The number of methoxy groups -OCH3 is 1. The summed E-state index contributed by atoms with van der Waals surface area (Å²) in [5.74, 6) is -1.30. The number of nitriles is 1. The molecule has 1 aromatic carbocycles. The van der Waals surface area contributed by atoms with E-state index in [2.05, 4.69) is 0 Å². The van der Waals surface area contributed by atoms with Crippen LogP contribution in [0.4, 0.5) is 4.39 Å². The molecule has 0 aromatic heterocycles. The monoisotopic (exact) mass is 249 g/mol. The summed E-state index contributed by atoms with van der Waals surface area (Å²) in [6, 6.07) is 7.53. The normalized spacial score (nSPS) is 10.8. The molecule has 0 saturated heterocycles. The third-order valence-corrected chi connectivity index (χ3v) is 2.07. The fourth-order valence-corrected chi connectivity index (χ4v) is 1.18. The summed E-state index contributed by atoms with van der Waals surface area (Å²) in [5, 5.41) is 8.83. The van der Waals surface area contributed by atoms with Crippen molar-refractivity contribution in [3.63, 3.8) is 0 Å². The molecule has 4 nitrogen and oxygen atoms in total. The van der Waals surface area contributed by atoms with Crippen molar-refractivity contribution in [1.82, 2.24) is 0 Å². The molecule has 0 aliphatic carbocycles. The van der Waals surface area contributed by atoms with Crippen LogP contribution in [0.2, 0.25) is 0 Å². The average molecular weight is 249 g/mol. The number of rotatable bonds is 5. The average Bonchev–Trinajstić information content (AvgIpc) is 2.38. The maximum absolute atomic E-state index is 13.3. The van der Waals surface area contributed by atoms with Crippen molar-refractivity contribution < 1.29 is 18.7 Å². The number of esters is 1. The van der Waals surface area contributed by atoms with Gasteiger partial charge in [-0.25, -0.2) is 9.18 Å². The van der Waals surface area contributed by atoms with Crippen LogP contribution in [0.25, 0.3) is 6.08 Å². The number of hydrogen-bond donors (Lipinski definition) is 0. The van der Waals surface area contributed by atoms with Crippen molar-refractivity contribution in [1.29, 1.82) is 5.26 Å². The van der Waals surface area contributed by atoms with Gasteiger partial charge >= 0.3 is 5.97 Å². The van der Waals surface area contributed by atoms with Gasteiger partial charge in [-0.15, -0.1) is 0 Å². The molecule has 0 amide bonds. The number of ether oxygens (including phenoxy) is 2. The molecule has 0 spiro atoms. The minimum atomic E-state index is -0.794. The topological polar surface area (TPSA) is 59.3 Å². The van der Waals surface area contributed by atoms with Crippen molar-refractivity contribution >= 4 is 12.0 Å². The standard InChI is InChI=1S/C13H12FNO3/c1-17-6-7-18-13(16)11(9-15)8-10-4-2-3-5-12(10)14/h2-5,8H,6-7H2,1H3/b11-8+. The van der Waals surface area contributed by atoms with E-state index in [9.17, 15) is 9.18 Å². The summed E-state index contributed by atoms with van der Waals surface area (Å²) < 4.78 is 22.8. The van der Waals surface area contributed by atoms with E-state index >= 15 is 0 Å². The fourth-order valence-electron chi connectivity index (χ4n) is 1.18. The van der Waals surface area contributed by atoms with Crippen LogP contribution in [0, 0.1) is 17.1 Å². The Morgan fingerprint density at radius 1 is 1.44 bits per heavy atom. The zero-order valence-electron chi connectivity index (χ0n) is 9.85. The van der Waals surface area contributed by atoms with E-state index < -0.39 is 11.8 Å². The minimum Gasteiger partial charge on any atom is -0.459 e. The molecule has 0 aliphatic heterocycles. The first kappa shape index (κ1) is 13.9. The van der Waals surface area contributed by atoms with E-state index in [0.717, 1.165) is 6.08 Å². The second kappa shape index (κ2) is 7.20. The third kappa shape index (κ3) is 4.00. The predicted molar refractivity (Wildman–Crippen MR) is 62.8 cm³/mol. The van der Waals surface area contributed by atoms with Crippen LogP contribution < -0.4 is 0 Å². The lowest BCUT2D eigenvalue weighted by Crippen LogP contribution is -2.11. The molecule has 0 atom stereocenters. The van der Waals surface area contributed by atoms with E-state index in [0.29, 0.717) is 0 Å². The zero-order valence-corrected chi connectivity index (χ0v) is 9.85. The second-order valence-corrected chi connectivity index (χ2v) is 3.32. The number of carbonyl (C=O) groups excluding carboxylic acids is 1. The summed E-state index contributed by atoms with van der Waals surface area (Å²) in [6.07, 6.45) is 1.16. The number of benzene rings is 1. The first-order chi connectivity index (χ1) is 8.69. The van der Waals surface area contributed by atoms with Gasteiger partial charge in [0.05, 0.1) is 6.61 Å². The Balaban J connectivity index is 2.81. The Hall–Kier alpha value is -2.19. The molecule has 0 heterocycles. The number of halogens is 1. The lowest BCUT2D eigenvalue weighted by atomic mass is 10.1. The molecule has 1 aromatic rings. The van der Waals surface area contributed by atoms with Gasteiger partial charge in [0.1, 0.15) is 24.1 Å². The highest BCUT2D eigenvalue weighted by Crippen LogP contribution is 2.12. The minimum absolute atomic E-state index is 0.0472. The van der Waals surface area contributed by atoms with Gasteiger partial charge in [0.25, 0.3) is 0 Å². The molecule has 0 aliphatic rings. The highest BCUT2D eigenvalue weighted by atomic mass is 19.1. The highest BCUT2D eigenvalue weighted by Gasteiger charge is 2.11. The molecule has 0 saturated carbocycles. The summed E-state index contributed by atoms with van der Waals surface area (Å²) >= 11 is 0. The van der Waals surface area contributed by atoms with Crippen molar-refractivity contribution in [3.8, 4) is 6.07 Å². The van der Waals surface area contributed by atoms with Crippen molar-refractivity contribution in [3.05, 3.63) is 41.2 Å². The summed E-state index contributed by atoms with van der Waals surface area (Å²) in [6.45, 7) is 0.287. The molecule has 0 bridgehead atoms. The number of nitrogens with zero attached hydrogens (tertiary/aromatic N) is 1. The Morgan fingerprint density at radius 2 is 2.17 bits per heavy atom. The molecule has 0 radical (unpaired) electrons. The van der Waals surface area contributed by atoms with E-state index in [1.807, 2.05) is 0 Å². The van der Waals surface area contributed by atoms with Crippen molar-refractivity contribution in [2.75, 3.05) is 20.3 Å². The second-order valence-electron chi connectivity index (χ2n) is 3.32. The van der Waals surface area contributed by atoms with Crippen LogP contribution in [-0.4, -0.2) is 26.3 Å². The van der Waals surface area contributed by atoms with Crippen LogP contribution in [-0.2, 0) is 14.3 Å². The third-order valence-electron chi connectivity index (χ3n) is 2.07. The van der Waals surface area contributed by atoms with Crippen LogP contribution in [0.15, 0.2) is 29.8 Å². The molecule has 0 fully saturated rings. The van der Waals surface area contributed by atoms with Crippen LogP contribution in [0.1, 0.15) is 5.56 Å². The largest absolute Gasteiger partial charge is 0.459 e. The van der Waals surface area contributed by atoms with Crippen LogP contribution in [0.5, 0.6) is 0 Å². The summed E-state index contributed by atoms with van der Waals surface area (Å²) in [5.41, 5.74) is -0.0889. The number of carbonyl (C=O) groups is 1. The molecule has 0 unspecified atom stereocenters. The van der Waals surface area contributed by atoms with E-state index in [1.54, 1.807) is 12.1 Å². The molecule has 94 valence electrons. The van der Waals surface area contributed by atoms with Gasteiger partial charge in [-0.2, -0.15) is 5.26 Å². The predicted octanol–water partition coefficient (Wildman–Crippen LogP) is 1.92. The smallest absolute Gasteiger partial charge is 0.348 e. The van der Waals surface area contributed by atoms with E-state index in [1.165, 1.54) is 25.3 Å². The van der Waals surface area contributed by atoms with Gasteiger partial charge in [0.2, 0.25) is 0 Å². The van der Waals surface area contributed by atoms with E-state index in [-0.39, 0.29) is 24.4 Å². The van der Waals surface area contributed by atoms with Gasteiger partial charge in [-0.05, 0) is 12.1 Å². The Labute approximate surface area is 104 Å². The fraction of sp³-hybridized carbons (Fsp3) is 0.231. The first-order valence-corrected chi connectivity index (χ1v) is 5.21.